The van der Waals surface area contributed by atoms with Gasteiger partial charge in [-0.15, -0.1) is 0 Å². The van der Waals surface area contributed by atoms with Crippen LogP contribution in [0.25, 0.3) is 0 Å². The molecule has 4 heterocycles. The van der Waals surface area contributed by atoms with Gasteiger partial charge in [-0.3, -0.25) is 4.79 Å². The highest BCUT2D eigenvalue weighted by Gasteiger charge is 2.77. The summed E-state index contributed by atoms with van der Waals surface area (Å²) in [5.41, 5.74) is 1.14. The molecule has 0 aromatic carbocycles. The monoisotopic (exact) mass is 388 g/mol. The van der Waals surface area contributed by atoms with E-state index in [9.17, 15) is 4.79 Å². The fourth-order valence-electron chi connectivity index (χ4n) is 8.26. The Morgan fingerprint density at radius 3 is 2.46 bits per heavy atom. The lowest BCUT2D eigenvalue weighted by molar-refractivity contribution is -0.248. The number of hydrogen-bond donors (Lipinski definition) is 0. The third kappa shape index (κ3) is 1.66. The normalized spacial score (nSPS) is 49.9. The molecule has 0 amide bonds. The highest BCUT2D eigenvalue weighted by molar-refractivity contribution is 6.01. The van der Waals surface area contributed by atoms with E-state index in [1.54, 1.807) is 0 Å². The lowest BCUT2D eigenvalue weighted by Crippen LogP contribution is -2.58. The summed E-state index contributed by atoms with van der Waals surface area (Å²) in [6.45, 7) is 4.78. The summed E-state index contributed by atoms with van der Waals surface area (Å²) in [7, 11) is 0. The van der Waals surface area contributed by atoms with E-state index in [0.717, 1.165) is 50.5 Å². The Bertz CT molecular complexity index is 806. The van der Waals surface area contributed by atoms with Gasteiger partial charge in [-0.05, 0) is 31.3 Å². The summed E-state index contributed by atoms with van der Waals surface area (Å²) in [6.07, 6.45) is 6.67. The summed E-state index contributed by atoms with van der Waals surface area (Å²) in [5.74, 6) is -0.585. The molecular weight excluding hydrogens is 360 g/mol. The number of rotatable bonds is 0. The van der Waals surface area contributed by atoms with E-state index in [1.165, 1.54) is 5.57 Å². The second-order valence-corrected chi connectivity index (χ2v) is 10.2. The molecular formula is C22H28O6. The first-order valence-corrected chi connectivity index (χ1v) is 11.0. The third-order valence-electron chi connectivity index (χ3n) is 9.20. The zero-order valence-electron chi connectivity index (χ0n) is 16.5. The number of carbonyl (C=O) groups is 1. The zero-order valence-corrected chi connectivity index (χ0v) is 16.5. The second kappa shape index (κ2) is 4.92. The Morgan fingerprint density at radius 1 is 0.929 bits per heavy atom. The molecule has 6 nitrogen and oxygen atoms in total. The van der Waals surface area contributed by atoms with Crippen molar-refractivity contribution in [2.75, 3.05) is 26.4 Å². The lowest BCUT2D eigenvalue weighted by atomic mass is 9.54. The summed E-state index contributed by atoms with van der Waals surface area (Å²) >= 11 is 0. The van der Waals surface area contributed by atoms with E-state index in [0.29, 0.717) is 32.8 Å². The minimum absolute atomic E-state index is 0.264. The van der Waals surface area contributed by atoms with Crippen LogP contribution in [0.4, 0.5) is 0 Å². The van der Waals surface area contributed by atoms with Crippen LogP contribution in [-0.2, 0) is 28.5 Å². The van der Waals surface area contributed by atoms with Gasteiger partial charge in [0.2, 0.25) is 0 Å². The maximum absolute atomic E-state index is 13.6. The first-order valence-electron chi connectivity index (χ1n) is 11.0. The predicted molar refractivity (Wildman–Crippen MR) is 96.4 cm³/mol. The average molecular weight is 388 g/mol. The van der Waals surface area contributed by atoms with Crippen molar-refractivity contribution in [2.45, 2.75) is 81.1 Å². The van der Waals surface area contributed by atoms with Gasteiger partial charge in [0.05, 0.1) is 32.0 Å². The molecule has 7 aliphatic rings. The molecule has 0 aromatic rings. The molecule has 3 saturated carbocycles. The largest absolute Gasteiger partial charge is 0.359 e. The van der Waals surface area contributed by atoms with Gasteiger partial charge in [-0.25, -0.2) is 0 Å². The molecule has 3 aliphatic carbocycles. The summed E-state index contributed by atoms with van der Waals surface area (Å²) in [5, 5.41) is 0. The number of carbonyl (C=O) groups excluding carboxylic acids is 1. The minimum atomic E-state index is -0.607. The number of ketones is 1. The van der Waals surface area contributed by atoms with Gasteiger partial charge >= 0.3 is 0 Å². The molecule has 0 radical (unpaired) electrons. The Labute approximate surface area is 164 Å². The highest BCUT2D eigenvalue weighted by Crippen LogP contribution is 2.73. The van der Waals surface area contributed by atoms with Crippen LogP contribution in [0.1, 0.15) is 58.3 Å². The van der Waals surface area contributed by atoms with E-state index in [1.807, 2.05) is 0 Å². The quantitative estimate of drug-likeness (QED) is 0.636. The van der Waals surface area contributed by atoms with Crippen molar-refractivity contribution in [2.24, 2.45) is 11.3 Å². The SMILES string of the molecule is CC12CC(=O)C3=C4CCC5(C[C@]46CC[C@]3(O6)C1CCC21OCCO1)OCCO5. The van der Waals surface area contributed by atoms with Crippen LogP contribution in [-0.4, -0.2) is 55.0 Å². The molecule has 7 rings (SSSR count). The molecule has 6 fully saturated rings. The Balaban J connectivity index is 1.35. The molecule has 28 heavy (non-hydrogen) atoms. The maximum atomic E-state index is 13.6. The van der Waals surface area contributed by atoms with Crippen LogP contribution in [0.5, 0.6) is 0 Å². The van der Waals surface area contributed by atoms with E-state index >= 15 is 0 Å². The van der Waals surface area contributed by atoms with Crippen LogP contribution in [0, 0.1) is 11.3 Å². The smallest absolute Gasteiger partial charge is 0.174 e. The Hall–Kier alpha value is -0.790. The Morgan fingerprint density at radius 2 is 1.68 bits per heavy atom. The van der Waals surface area contributed by atoms with Gasteiger partial charge in [0.25, 0.3) is 0 Å². The van der Waals surface area contributed by atoms with Crippen molar-refractivity contribution in [3.05, 3.63) is 11.1 Å². The van der Waals surface area contributed by atoms with Gasteiger partial charge < -0.3 is 23.7 Å². The first kappa shape index (κ1) is 16.9. The van der Waals surface area contributed by atoms with Crippen LogP contribution in [0.15, 0.2) is 11.1 Å². The summed E-state index contributed by atoms with van der Waals surface area (Å²) in [4.78, 5) is 13.6. The molecule has 152 valence electrons. The van der Waals surface area contributed by atoms with E-state index in [-0.39, 0.29) is 22.7 Å². The highest BCUT2D eigenvalue weighted by atomic mass is 16.7. The molecule has 6 heteroatoms. The molecule has 4 spiro atoms. The molecule has 4 aliphatic heterocycles. The summed E-state index contributed by atoms with van der Waals surface area (Å²) in [6, 6.07) is 0. The standard InChI is InChI=1S/C22H28O6/c1-18-12-15(23)17-14-2-4-20(24-8-9-25-20)13-19(14)6-7-21(17,28-19)16(18)3-5-22(18)26-10-11-27-22/h16H,2-13H2,1H3/t16?,18?,19-,21+/m1/s1. The van der Waals surface area contributed by atoms with Gasteiger partial charge in [-0.1, -0.05) is 6.92 Å². The number of Topliss-reactive ketones (excluding diaryl/α,β-unsaturated/α-hetero) is 1. The van der Waals surface area contributed by atoms with Crippen molar-refractivity contribution in [1.82, 2.24) is 0 Å². The van der Waals surface area contributed by atoms with Crippen molar-refractivity contribution in [1.29, 1.82) is 0 Å². The van der Waals surface area contributed by atoms with Crippen molar-refractivity contribution in [3.8, 4) is 0 Å². The number of ether oxygens (including phenoxy) is 5. The molecule has 2 bridgehead atoms. The van der Waals surface area contributed by atoms with Crippen LogP contribution < -0.4 is 0 Å². The Kier molecular flexibility index (Phi) is 2.98. The average Bonchev–Trinajstić information content (AvgIpc) is 3.44. The lowest BCUT2D eigenvalue weighted by Gasteiger charge is -2.51. The maximum Gasteiger partial charge on any atom is 0.174 e. The zero-order chi connectivity index (χ0) is 18.8. The molecule has 4 atom stereocenters. The molecule has 3 saturated heterocycles. The van der Waals surface area contributed by atoms with Gasteiger partial charge in [0.15, 0.2) is 17.4 Å². The fraction of sp³-hybridized carbons (Fsp3) is 0.864. The van der Waals surface area contributed by atoms with Crippen LogP contribution >= 0.6 is 0 Å². The van der Waals surface area contributed by atoms with Gasteiger partial charge in [0.1, 0.15) is 5.60 Å². The topological polar surface area (TPSA) is 63.2 Å². The van der Waals surface area contributed by atoms with Crippen LogP contribution in [0.3, 0.4) is 0 Å². The number of hydrogen-bond acceptors (Lipinski definition) is 6. The van der Waals surface area contributed by atoms with Gasteiger partial charge in [-0.2, -0.15) is 0 Å². The summed E-state index contributed by atoms with van der Waals surface area (Å²) < 4.78 is 31.5. The van der Waals surface area contributed by atoms with Crippen molar-refractivity contribution >= 4 is 5.78 Å². The second-order valence-electron chi connectivity index (χ2n) is 10.2. The van der Waals surface area contributed by atoms with Crippen molar-refractivity contribution < 1.29 is 28.5 Å². The molecule has 0 aromatic heterocycles. The molecule has 0 N–H and O–H groups in total. The van der Waals surface area contributed by atoms with E-state index < -0.39 is 17.2 Å². The molecule has 2 unspecified atom stereocenters. The minimum Gasteiger partial charge on any atom is -0.359 e. The first-order chi connectivity index (χ1) is 13.5. The number of fused-ring (bicyclic) bond motifs is 2. The van der Waals surface area contributed by atoms with Crippen LogP contribution in [0.2, 0.25) is 0 Å². The van der Waals surface area contributed by atoms with Crippen molar-refractivity contribution in [3.63, 3.8) is 0 Å². The predicted octanol–water partition coefficient (Wildman–Crippen LogP) is 2.64. The van der Waals surface area contributed by atoms with Gasteiger partial charge in [0, 0.05) is 42.6 Å². The van der Waals surface area contributed by atoms with E-state index in [2.05, 4.69) is 6.92 Å². The fourth-order valence-corrected chi connectivity index (χ4v) is 8.26. The van der Waals surface area contributed by atoms with E-state index in [4.69, 9.17) is 23.7 Å². The third-order valence-corrected chi connectivity index (χ3v) is 9.20.